The van der Waals surface area contributed by atoms with Gasteiger partial charge in [0.2, 0.25) is 0 Å². The lowest BCUT2D eigenvalue weighted by atomic mass is 9.92. The van der Waals surface area contributed by atoms with Crippen LogP contribution in [0.4, 0.5) is 0 Å². The molecule has 148 valence electrons. The fourth-order valence-electron chi connectivity index (χ4n) is 3.21. The molecule has 2 N–H and O–H groups in total. The van der Waals surface area contributed by atoms with Gasteiger partial charge in [0.25, 0.3) is 0 Å². The number of carboxylic acids is 1. The SMILES string of the molecule is CCCCCC[C@@H](O)CC=CCCCCCCC(CC(C)C)C(=O)O. The summed E-state index contributed by atoms with van der Waals surface area (Å²) < 4.78 is 0. The summed E-state index contributed by atoms with van der Waals surface area (Å²) in [5.74, 6) is -0.350. The number of aliphatic hydroxyl groups is 1. The van der Waals surface area contributed by atoms with Gasteiger partial charge in [0.05, 0.1) is 12.0 Å². The average Bonchev–Trinajstić information content (AvgIpc) is 2.55. The van der Waals surface area contributed by atoms with Crippen molar-refractivity contribution in [3.63, 3.8) is 0 Å². The zero-order valence-corrected chi connectivity index (χ0v) is 16.9. The number of unbranched alkanes of at least 4 members (excludes halogenated alkanes) is 7. The van der Waals surface area contributed by atoms with Gasteiger partial charge in [0.15, 0.2) is 0 Å². The summed E-state index contributed by atoms with van der Waals surface area (Å²) in [4.78, 5) is 11.2. The highest BCUT2D eigenvalue weighted by molar-refractivity contribution is 5.69. The number of aliphatic carboxylic acids is 1. The number of hydrogen-bond donors (Lipinski definition) is 2. The van der Waals surface area contributed by atoms with Crippen molar-refractivity contribution in [2.24, 2.45) is 11.8 Å². The highest BCUT2D eigenvalue weighted by Crippen LogP contribution is 2.19. The molecule has 0 aromatic heterocycles. The van der Waals surface area contributed by atoms with Crippen LogP contribution in [-0.4, -0.2) is 22.3 Å². The van der Waals surface area contributed by atoms with Crippen LogP contribution in [0.25, 0.3) is 0 Å². The van der Waals surface area contributed by atoms with Crippen molar-refractivity contribution in [2.45, 2.75) is 110 Å². The van der Waals surface area contributed by atoms with Gasteiger partial charge in [0, 0.05) is 0 Å². The van der Waals surface area contributed by atoms with Crippen molar-refractivity contribution in [1.29, 1.82) is 0 Å². The first-order chi connectivity index (χ1) is 12.0. The quantitative estimate of drug-likeness (QED) is 0.236. The summed E-state index contributed by atoms with van der Waals surface area (Å²) in [6, 6.07) is 0. The smallest absolute Gasteiger partial charge is 0.306 e. The first-order valence-corrected chi connectivity index (χ1v) is 10.5. The van der Waals surface area contributed by atoms with Crippen LogP contribution in [0.5, 0.6) is 0 Å². The fourth-order valence-corrected chi connectivity index (χ4v) is 3.21. The molecule has 0 saturated carbocycles. The second-order valence-corrected chi connectivity index (χ2v) is 7.87. The number of rotatable bonds is 17. The van der Waals surface area contributed by atoms with Gasteiger partial charge in [-0.1, -0.05) is 77.9 Å². The summed E-state index contributed by atoms with van der Waals surface area (Å²) >= 11 is 0. The Labute approximate surface area is 155 Å². The highest BCUT2D eigenvalue weighted by Gasteiger charge is 2.17. The zero-order chi connectivity index (χ0) is 18.9. The summed E-state index contributed by atoms with van der Waals surface area (Å²) in [5.41, 5.74) is 0. The van der Waals surface area contributed by atoms with Crippen molar-refractivity contribution >= 4 is 5.97 Å². The van der Waals surface area contributed by atoms with Gasteiger partial charge in [-0.25, -0.2) is 0 Å². The Morgan fingerprint density at radius 3 is 2.20 bits per heavy atom. The minimum absolute atomic E-state index is 0.168. The molecule has 0 aliphatic heterocycles. The van der Waals surface area contributed by atoms with E-state index in [4.69, 9.17) is 0 Å². The van der Waals surface area contributed by atoms with E-state index in [1.165, 1.54) is 19.3 Å². The predicted molar refractivity (Wildman–Crippen MR) is 107 cm³/mol. The maximum Gasteiger partial charge on any atom is 0.306 e. The van der Waals surface area contributed by atoms with Gasteiger partial charge in [-0.15, -0.1) is 0 Å². The summed E-state index contributed by atoms with van der Waals surface area (Å²) in [6.07, 6.45) is 17.8. The van der Waals surface area contributed by atoms with E-state index >= 15 is 0 Å². The van der Waals surface area contributed by atoms with Gasteiger partial charge >= 0.3 is 5.97 Å². The Bertz CT molecular complexity index is 336. The second-order valence-electron chi connectivity index (χ2n) is 7.87. The molecular formula is C22H42O3. The Morgan fingerprint density at radius 1 is 0.920 bits per heavy atom. The third-order valence-corrected chi connectivity index (χ3v) is 4.74. The van der Waals surface area contributed by atoms with Crippen LogP contribution < -0.4 is 0 Å². The Balaban J connectivity index is 3.54. The van der Waals surface area contributed by atoms with Gasteiger partial charge in [-0.2, -0.15) is 0 Å². The summed E-state index contributed by atoms with van der Waals surface area (Å²) in [7, 11) is 0. The normalized spacial score (nSPS) is 14.3. The third kappa shape index (κ3) is 16.4. The van der Waals surface area contributed by atoms with Gasteiger partial charge in [-0.3, -0.25) is 4.79 Å². The third-order valence-electron chi connectivity index (χ3n) is 4.74. The van der Waals surface area contributed by atoms with Crippen LogP contribution >= 0.6 is 0 Å². The van der Waals surface area contributed by atoms with Crippen molar-refractivity contribution in [2.75, 3.05) is 0 Å². The summed E-state index contributed by atoms with van der Waals surface area (Å²) in [6.45, 7) is 6.38. The number of hydrogen-bond acceptors (Lipinski definition) is 2. The first-order valence-electron chi connectivity index (χ1n) is 10.5. The Hall–Kier alpha value is -0.830. The van der Waals surface area contributed by atoms with E-state index in [1.807, 2.05) is 0 Å². The molecule has 0 aliphatic carbocycles. The van der Waals surface area contributed by atoms with Crippen LogP contribution in [0.15, 0.2) is 12.2 Å². The van der Waals surface area contributed by atoms with Gasteiger partial charge in [0.1, 0.15) is 0 Å². The minimum atomic E-state index is -0.634. The van der Waals surface area contributed by atoms with E-state index in [0.717, 1.165) is 64.2 Å². The number of carboxylic acid groups (broad SMARTS) is 1. The Kier molecular flexibility index (Phi) is 16.1. The predicted octanol–water partition coefficient (Wildman–Crippen LogP) is 6.35. The standard InChI is InChI=1S/C22H42O3/c1-4-5-6-13-16-21(23)17-14-11-9-7-8-10-12-15-20(22(24)25)18-19(2)3/h11,14,19-21,23H,4-10,12-13,15-18H2,1-3H3,(H,24,25)/t20?,21-/m1/s1. The molecule has 1 unspecified atom stereocenters. The number of allylic oxidation sites excluding steroid dienone is 1. The molecule has 3 nitrogen and oxygen atoms in total. The van der Waals surface area contributed by atoms with E-state index in [1.54, 1.807) is 0 Å². The molecule has 0 amide bonds. The molecule has 3 heteroatoms. The van der Waals surface area contributed by atoms with Crippen molar-refractivity contribution in [3.8, 4) is 0 Å². The van der Waals surface area contributed by atoms with E-state index in [9.17, 15) is 15.0 Å². The molecule has 0 fully saturated rings. The molecule has 0 rings (SSSR count). The van der Waals surface area contributed by atoms with E-state index in [0.29, 0.717) is 5.92 Å². The lowest BCUT2D eigenvalue weighted by molar-refractivity contribution is -0.142. The van der Waals surface area contributed by atoms with Crippen LogP contribution in [0.2, 0.25) is 0 Å². The van der Waals surface area contributed by atoms with Crippen LogP contribution in [0.1, 0.15) is 104 Å². The summed E-state index contributed by atoms with van der Waals surface area (Å²) in [5, 5.41) is 19.1. The van der Waals surface area contributed by atoms with E-state index < -0.39 is 5.97 Å². The maximum atomic E-state index is 11.2. The van der Waals surface area contributed by atoms with Crippen LogP contribution in [0, 0.1) is 11.8 Å². The van der Waals surface area contributed by atoms with Crippen molar-refractivity contribution < 1.29 is 15.0 Å². The Morgan fingerprint density at radius 2 is 1.56 bits per heavy atom. The van der Waals surface area contributed by atoms with Gasteiger partial charge < -0.3 is 10.2 Å². The molecule has 0 aliphatic rings. The van der Waals surface area contributed by atoms with E-state index in [2.05, 4.69) is 32.9 Å². The van der Waals surface area contributed by atoms with Gasteiger partial charge in [-0.05, 0) is 44.4 Å². The molecule has 0 aromatic rings. The minimum Gasteiger partial charge on any atom is -0.481 e. The molecule has 25 heavy (non-hydrogen) atoms. The lowest BCUT2D eigenvalue weighted by Gasteiger charge is -2.14. The number of carbonyl (C=O) groups is 1. The van der Waals surface area contributed by atoms with Crippen molar-refractivity contribution in [1.82, 2.24) is 0 Å². The molecule has 0 saturated heterocycles. The maximum absolute atomic E-state index is 11.2. The van der Waals surface area contributed by atoms with Crippen LogP contribution in [0.3, 0.4) is 0 Å². The molecule has 2 atom stereocenters. The highest BCUT2D eigenvalue weighted by atomic mass is 16.4. The monoisotopic (exact) mass is 354 g/mol. The lowest BCUT2D eigenvalue weighted by Crippen LogP contribution is -2.15. The fraction of sp³-hybridized carbons (Fsp3) is 0.864. The number of aliphatic hydroxyl groups excluding tert-OH is 1. The molecule has 0 heterocycles. The average molecular weight is 355 g/mol. The second kappa shape index (κ2) is 16.6. The molecule has 0 bridgehead atoms. The van der Waals surface area contributed by atoms with E-state index in [-0.39, 0.29) is 12.0 Å². The molecule has 0 aromatic carbocycles. The molecule has 0 radical (unpaired) electrons. The first kappa shape index (κ1) is 24.2. The topological polar surface area (TPSA) is 57.5 Å². The molecule has 0 spiro atoms. The largest absolute Gasteiger partial charge is 0.481 e. The van der Waals surface area contributed by atoms with Crippen molar-refractivity contribution in [3.05, 3.63) is 12.2 Å². The van der Waals surface area contributed by atoms with Crippen LogP contribution in [-0.2, 0) is 4.79 Å². The molecular weight excluding hydrogens is 312 g/mol. The zero-order valence-electron chi connectivity index (χ0n) is 16.9.